The van der Waals surface area contributed by atoms with Crippen LogP contribution in [0.5, 0.6) is 0 Å². The molecule has 0 spiro atoms. The molecule has 370 valence electrons. The van der Waals surface area contributed by atoms with Crippen molar-refractivity contribution in [2.24, 2.45) is 0 Å². The Kier molecular flexibility index (Phi) is 10.5. The molecule has 0 saturated heterocycles. The van der Waals surface area contributed by atoms with Crippen LogP contribution < -0.4 is 26.2 Å². The lowest BCUT2D eigenvalue weighted by Crippen LogP contribution is -2.61. The highest BCUT2D eigenvalue weighted by atomic mass is 15.2. The Morgan fingerprint density at radius 3 is 1.61 bits per heavy atom. The fourth-order valence-corrected chi connectivity index (χ4v) is 12.7. The third kappa shape index (κ3) is 7.37. The van der Waals surface area contributed by atoms with E-state index in [1.807, 2.05) is 0 Å². The van der Waals surface area contributed by atoms with E-state index < -0.39 is 0 Å². The average molecular weight is 966 g/mol. The van der Waals surface area contributed by atoms with Gasteiger partial charge in [-0.3, -0.25) is 0 Å². The first kappa shape index (κ1) is 47.9. The molecule has 0 atom stereocenters. The summed E-state index contributed by atoms with van der Waals surface area (Å²) < 4.78 is 2.72. The molecule has 3 heterocycles. The van der Waals surface area contributed by atoms with Gasteiger partial charge in [0.2, 0.25) is 0 Å². The summed E-state index contributed by atoms with van der Waals surface area (Å²) in [6.07, 6.45) is 0. The number of rotatable bonds is 5. The van der Waals surface area contributed by atoms with E-state index in [1.165, 1.54) is 111 Å². The molecule has 3 aliphatic rings. The SMILES string of the molecule is Cc1cc2c3c(c1)-n1c4c(c5cc(C(C)(C)C)cc(c51)B3c1ccc(N(c3ccc(C(C)(C)C)cc3)c3ccc(C(C)(C)C)cc3)cc1N2c1ccc(C(C)(C)C)cc1-c1ccccc1)-c1ccccc1C4(C)C. The predicted octanol–water partition coefficient (Wildman–Crippen LogP) is 17.2. The number of benzene rings is 8. The van der Waals surface area contributed by atoms with Crippen molar-refractivity contribution < 1.29 is 0 Å². The number of hydrogen-bond donors (Lipinski definition) is 0. The summed E-state index contributed by atoms with van der Waals surface area (Å²) >= 11 is 0. The molecule has 4 heteroatoms. The smallest absolute Gasteiger partial charge is 0.252 e. The van der Waals surface area contributed by atoms with Gasteiger partial charge in [0, 0.05) is 67.3 Å². The van der Waals surface area contributed by atoms with Gasteiger partial charge in [0.15, 0.2) is 0 Å². The molecule has 8 aromatic carbocycles. The van der Waals surface area contributed by atoms with Crippen molar-refractivity contribution >= 4 is 68.1 Å². The van der Waals surface area contributed by atoms with Crippen LogP contribution in [0.2, 0.25) is 0 Å². The van der Waals surface area contributed by atoms with Crippen molar-refractivity contribution in [1.29, 1.82) is 0 Å². The molecule has 74 heavy (non-hydrogen) atoms. The molecule has 2 aliphatic heterocycles. The third-order valence-corrected chi connectivity index (χ3v) is 16.8. The standard InChI is InChI=1S/C70H72BN3/c1-43-37-60-63-61(38-43)74-64-54(62-52-23-19-20-24-55(52)70(14,15)65(62)74)40-48(69(11,12)13)41-57(64)71(63)56-35-34-51(42-59(56)73(60)58-36-29-47(68(8,9)10)39-53(58)44-21-17-16-18-22-44)72(49-30-25-45(26-31-49)66(2,3)4)50-32-27-46(28-33-50)67(5,6)7/h16-42H,1-15H3. The number of aromatic nitrogens is 1. The van der Waals surface area contributed by atoms with Crippen LogP contribution in [0.3, 0.4) is 0 Å². The lowest BCUT2D eigenvalue weighted by molar-refractivity contribution is 0.590. The van der Waals surface area contributed by atoms with Crippen LogP contribution in [0.1, 0.15) is 136 Å². The van der Waals surface area contributed by atoms with E-state index in [0.717, 1.165) is 17.1 Å². The largest absolute Gasteiger partial charge is 0.313 e. The van der Waals surface area contributed by atoms with E-state index in [1.54, 1.807) is 0 Å². The molecule has 0 amide bonds. The van der Waals surface area contributed by atoms with Gasteiger partial charge in [-0.25, -0.2) is 0 Å². The molecule has 0 saturated carbocycles. The number of anilines is 6. The number of nitrogens with zero attached hydrogens (tertiary/aromatic N) is 3. The second kappa shape index (κ2) is 16.2. The van der Waals surface area contributed by atoms with Gasteiger partial charge in [-0.1, -0.05) is 194 Å². The fourth-order valence-electron chi connectivity index (χ4n) is 12.7. The minimum atomic E-state index is -0.225. The molecule has 0 radical (unpaired) electrons. The highest BCUT2D eigenvalue weighted by Gasteiger charge is 2.48. The summed E-state index contributed by atoms with van der Waals surface area (Å²) in [6.45, 7) is 35.1. The van der Waals surface area contributed by atoms with Crippen LogP contribution in [0.15, 0.2) is 164 Å². The zero-order chi connectivity index (χ0) is 52.2. The van der Waals surface area contributed by atoms with Crippen LogP contribution >= 0.6 is 0 Å². The summed E-state index contributed by atoms with van der Waals surface area (Å²) in [4.78, 5) is 5.13. The first-order valence-electron chi connectivity index (χ1n) is 27.0. The van der Waals surface area contributed by atoms with Crippen molar-refractivity contribution in [3.05, 3.63) is 203 Å². The predicted molar refractivity (Wildman–Crippen MR) is 320 cm³/mol. The van der Waals surface area contributed by atoms with Gasteiger partial charge in [0.1, 0.15) is 0 Å². The Morgan fingerprint density at radius 2 is 1.00 bits per heavy atom. The molecular formula is C70H72BN3. The first-order valence-corrected chi connectivity index (χ1v) is 27.0. The molecule has 1 aromatic heterocycles. The quantitative estimate of drug-likeness (QED) is 0.159. The van der Waals surface area contributed by atoms with Crippen molar-refractivity contribution in [1.82, 2.24) is 4.57 Å². The molecule has 12 rings (SSSR count). The molecule has 1 aliphatic carbocycles. The maximum absolute atomic E-state index is 2.72. The fraction of sp³-hybridized carbons (Fsp3) is 0.286. The Morgan fingerprint density at radius 1 is 0.446 bits per heavy atom. The second-order valence-corrected chi connectivity index (χ2v) is 26.4. The maximum Gasteiger partial charge on any atom is 0.252 e. The zero-order valence-corrected chi connectivity index (χ0v) is 46.5. The summed E-state index contributed by atoms with van der Waals surface area (Å²) in [5.41, 5.74) is 28.0. The highest BCUT2D eigenvalue weighted by molar-refractivity contribution is 7.00. The van der Waals surface area contributed by atoms with Gasteiger partial charge in [-0.15, -0.1) is 0 Å². The second-order valence-electron chi connectivity index (χ2n) is 26.4. The lowest BCUT2D eigenvalue weighted by Gasteiger charge is -2.43. The lowest BCUT2D eigenvalue weighted by atomic mass is 9.33. The zero-order valence-electron chi connectivity index (χ0n) is 46.5. The molecule has 0 unspecified atom stereocenters. The van der Waals surface area contributed by atoms with E-state index >= 15 is 0 Å². The summed E-state index contributed by atoms with van der Waals surface area (Å²) in [7, 11) is 0. The highest BCUT2D eigenvalue weighted by Crippen LogP contribution is 2.56. The van der Waals surface area contributed by atoms with Gasteiger partial charge >= 0.3 is 0 Å². The van der Waals surface area contributed by atoms with E-state index in [-0.39, 0.29) is 33.8 Å². The number of fused-ring (bicyclic) bond motifs is 9. The van der Waals surface area contributed by atoms with Gasteiger partial charge in [-0.2, -0.15) is 0 Å². The molecule has 0 fully saturated rings. The third-order valence-electron chi connectivity index (χ3n) is 16.8. The van der Waals surface area contributed by atoms with Gasteiger partial charge in [0.25, 0.3) is 6.71 Å². The van der Waals surface area contributed by atoms with Crippen LogP contribution in [0.25, 0.3) is 38.8 Å². The maximum atomic E-state index is 2.72. The number of aryl methyl sites for hydroxylation is 1. The normalized spacial score (nSPS) is 14.5. The average Bonchev–Trinajstić information content (AvgIpc) is 3.82. The molecule has 0 N–H and O–H groups in total. The molecular weight excluding hydrogens is 894 g/mol. The Hall–Kier alpha value is -7.04. The van der Waals surface area contributed by atoms with Crippen LogP contribution in [-0.4, -0.2) is 11.3 Å². The Bertz CT molecular complexity index is 3670. The van der Waals surface area contributed by atoms with Crippen LogP contribution in [-0.2, 0) is 27.1 Å². The van der Waals surface area contributed by atoms with Crippen molar-refractivity contribution in [2.45, 2.75) is 131 Å². The van der Waals surface area contributed by atoms with Gasteiger partial charge in [-0.05, 0) is 156 Å². The minimum absolute atomic E-state index is 0.0220. The summed E-state index contributed by atoms with van der Waals surface area (Å²) in [5, 5.41) is 1.36. The van der Waals surface area contributed by atoms with E-state index in [0.29, 0.717) is 0 Å². The van der Waals surface area contributed by atoms with Gasteiger partial charge < -0.3 is 14.4 Å². The number of hydrogen-bond acceptors (Lipinski definition) is 2. The molecule has 3 nitrogen and oxygen atoms in total. The van der Waals surface area contributed by atoms with E-state index in [4.69, 9.17) is 0 Å². The van der Waals surface area contributed by atoms with E-state index in [9.17, 15) is 0 Å². The molecule has 0 bridgehead atoms. The van der Waals surface area contributed by atoms with Crippen molar-refractivity contribution in [3.8, 4) is 27.9 Å². The van der Waals surface area contributed by atoms with Gasteiger partial charge in [0.05, 0.1) is 5.69 Å². The summed E-state index contributed by atoms with van der Waals surface area (Å²) in [6, 6.07) is 63.6. The van der Waals surface area contributed by atoms with E-state index in [2.05, 4.69) is 282 Å². The van der Waals surface area contributed by atoms with Crippen molar-refractivity contribution in [3.63, 3.8) is 0 Å². The summed E-state index contributed by atoms with van der Waals surface area (Å²) in [5.74, 6) is 0. The van der Waals surface area contributed by atoms with Crippen LogP contribution in [0.4, 0.5) is 34.1 Å². The van der Waals surface area contributed by atoms with Crippen molar-refractivity contribution in [2.75, 3.05) is 9.80 Å². The Labute approximate surface area is 442 Å². The molecule has 9 aromatic rings. The Balaban J connectivity index is 1.20. The van der Waals surface area contributed by atoms with Crippen LogP contribution in [0, 0.1) is 6.92 Å². The topological polar surface area (TPSA) is 11.4 Å². The monoisotopic (exact) mass is 966 g/mol. The minimum Gasteiger partial charge on any atom is -0.313 e. The first-order chi connectivity index (χ1) is 34.9.